The third-order valence-corrected chi connectivity index (χ3v) is 8.08. The topological polar surface area (TPSA) is 171 Å². The van der Waals surface area contributed by atoms with Crippen molar-refractivity contribution in [3.05, 3.63) is 93.2 Å². The number of aliphatic hydroxyl groups is 1. The SMILES string of the molecule is Cc1ccc(CNC(=O)C(CCc2ccc(C=C3SC(=O)N(C)C3=O)cc2)NC(=O)C(NC(=O)c2cc(C)on2)C(C)O)cc1. The van der Waals surface area contributed by atoms with Gasteiger partial charge in [0.05, 0.1) is 11.0 Å². The summed E-state index contributed by atoms with van der Waals surface area (Å²) >= 11 is 0.877. The molecule has 13 heteroatoms. The van der Waals surface area contributed by atoms with Crippen molar-refractivity contribution in [3.63, 3.8) is 0 Å². The van der Waals surface area contributed by atoms with E-state index in [0.717, 1.165) is 38.9 Å². The molecule has 4 rings (SSSR count). The average Bonchev–Trinajstić information content (AvgIpc) is 3.56. The Morgan fingerprint density at radius 2 is 1.67 bits per heavy atom. The molecule has 1 fully saturated rings. The minimum Gasteiger partial charge on any atom is -0.391 e. The summed E-state index contributed by atoms with van der Waals surface area (Å²) in [4.78, 5) is 64.6. The summed E-state index contributed by atoms with van der Waals surface area (Å²) in [5.74, 6) is -1.83. The number of rotatable bonds is 12. The molecule has 0 radical (unpaired) electrons. The summed E-state index contributed by atoms with van der Waals surface area (Å²) in [6.07, 6.45) is 0.978. The second-order valence-electron chi connectivity index (χ2n) is 10.8. The van der Waals surface area contributed by atoms with E-state index < -0.39 is 35.9 Å². The summed E-state index contributed by atoms with van der Waals surface area (Å²) in [5, 5.41) is 21.6. The largest absolute Gasteiger partial charge is 0.391 e. The van der Waals surface area contributed by atoms with Gasteiger partial charge >= 0.3 is 0 Å². The lowest BCUT2D eigenvalue weighted by Gasteiger charge is -2.24. The zero-order valence-corrected chi connectivity index (χ0v) is 26.1. The highest BCUT2D eigenvalue weighted by Gasteiger charge is 2.32. The molecule has 3 atom stereocenters. The first-order chi connectivity index (χ1) is 21.4. The van der Waals surface area contributed by atoms with Crippen LogP contribution in [0.3, 0.4) is 0 Å². The molecule has 1 aromatic heterocycles. The summed E-state index contributed by atoms with van der Waals surface area (Å²) < 4.78 is 4.92. The highest BCUT2D eigenvalue weighted by molar-refractivity contribution is 8.18. The standard InChI is InChI=1S/C32H35N5O7S/c1-18-5-7-23(8-6-18)17-33-28(39)24(34-30(41)27(20(3)38)35-29(40)25-15-19(2)44-36-25)14-13-21-9-11-22(12-10-21)16-26-31(42)37(4)32(43)45-26/h5-12,15-16,20,24,27,38H,13-14,17H2,1-4H3,(H,33,39)(H,34,41)(H,35,40). The summed E-state index contributed by atoms with van der Waals surface area (Å²) in [7, 11) is 1.43. The van der Waals surface area contributed by atoms with Crippen LogP contribution in [0.25, 0.3) is 6.08 Å². The van der Waals surface area contributed by atoms with Crippen molar-refractivity contribution in [1.82, 2.24) is 26.0 Å². The van der Waals surface area contributed by atoms with Crippen molar-refractivity contribution in [2.24, 2.45) is 0 Å². The van der Waals surface area contributed by atoms with E-state index in [-0.39, 0.29) is 29.8 Å². The van der Waals surface area contributed by atoms with Crippen LogP contribution < -0.4 is 16.0 Å². The Bertz CT molecular complexity index is 1600. The fraction of sp³-hybridized carbons (Fsp3) is 0.312. The Kier molecular flexibility index (Phi) is 10.9. The number of carbonyl (C=O) groups is 5. The van der Waals surface area contributed by atoms with Gasteiger partial charge in [-0.2, -0.15) is 0 Å². The van der Waals surface area contributed by atoms with E-state index in [1.807, 2.05) is 43.3 Å². The summed E-state index contributed by atoms with van der Waals surface area (Å²) in [6, 6.07) is 14.0. The van der Waals surface area contributed by atoms with Crippen LogP contribution in [0.2, 0.25) is 0 Å². The van der Waals surface area contributed by atoms with E-state index in [2.05, 4.69) is 21.1 Å². The van der Waals surface area contributed by atoms with Gasteiger partial charge in [0.25, 0.3) is 17.1 Å². The molecular formula is C32H35N5O7S. The van der Waals surface area contributed by atoms with E-state index in [9.17, 15) is 29.1 Å². The van der Waals surface area contributed by atoms with Gasteiger partial charge in [0.15, 0.2) is 5.69 Å². The molecule has 0 spiro atoms. The first-order valence-electron chi connectivity index (χ1n) is 14.3. The molecule has 1 aliphatic heterocycles. The van der Waals surface area contributed by atoms with Crippen molar-refractivity contribution in [2.75, 3.05) is 7.05 Å². The lowest BCUT2D eigenvalue weighted by Crippen LogP contribution is -2.57. The first-order valence-corrected chi connectivity index (χ1v) is 15.1. The van der Waals surface area contributed by atoms with Gasteiger partial charge in [-0.3, -0.25) is 28.9 Å². The fourth-order valence-corrected chi connectivity index (χ4v) is 5.26. The van der Waals surface area contributed by atoms with Crippen LogP contribution >= 0.6 is 11.8 Å². The molecule has 1 aliphatic rings. The van der Waals surface area contributed by atoms with Gasteiger partial charge in [-0.05, 0) is 68.1 Å². The maximum absolute atomic E-state index is 13.3. The minimum atomic E-state index is -1.36. The second-order valence-corrected chi connectivity index (χ2v) is 11.8. The molecular weight excluding hydrogens is 598 g/mol. The molecule has 3 aromatic rings. The van der Waals surface area contributed by atoms with Crippen LogP contribution in [0.4, 0.5) is 4.79 Å². The Labute approximate surface area is 264 Å². The van der Waals surface area contributed by atoms with Gasteiger partial charge in [-0.15, -0.1) is 0 Å². The normalized spacial score (nSPS) is 15.9. The lowest BCUT2D eigenvalue weighted by atomic mass is 10.0. The molecule has 0 saturated carbocycles. The molecule has 0 bridgehead atoms. The van der Waals surface area contributed by atoms with E-state index in [1.165, 1.54) is 20.0 Å². The average molecular weight is 634 g/mol. The van der Waals surface area contributed by atoms with E-state index in [0.29, 0.717) is 17.1 Å². The van der Waals surface area contributed by atoms with Crippen LogP contribution in [0, 0.1) is 13.8 Å². The number of imide groups is 1. The highest BCUT2D eigenvalue weighted by atomic mass is 32.2. The van der Waals surface area contributed by atoms with Crippen LogP contribution in [0.5, 0.6) is 0 Å². The monoisotopic (exact) mass is 633 g/mol. The number of likely N-dealkylation sites (N-methyl/N-ethyl adjacent to an activating group) is 1. The van der Waals surface area contributed by atoms with Crippen molar-refractivity contribution in [3.8, 4) is 0 Å². The number of hydrogen-bond donors (Lipinski definition) is 4. The molecule has 3 unspecified atom stereocenters. The Morgan fingerprint density at radius 1 is 1.00 bits per heavy atom. The number of hydrogen-bond acceptors (Lipinski definition) is 9. The molecule has 236 valence electrons. The molecule has 2 heterocycles. The van der Waals surface area contributed by atoms with E-state index in [1.54, 1.807) is 25.1 Å². The van der Waals surface area contributed by atoms with Crippen LogP contribution in [0.1, 0.15) is 51.8 Å². The number of carbonyl (C=O) groups excluding carboxylic acids is 5. The van der Waals surface area contributed by atoms with Gasteiger partial charge in [-0.25, -0.2) is 0 Å². The molecule has 5 amide bonds. The number of benzene rings is 2. The van der Waals surface area contributed by atoms with Gasteiger partial charge in [0.2, 0.25) is 11.8 Å². The molecule has 4 N–H and O–H groups in total. The Hall–Kier alpha value is -4.75. The van der Waals surface area contributed by atoms with Gasteiger partial charge in [0, 0.05) is 19.7 Å². The predicted molar refractivity (Wildman–Crippen MR) is 168 cm³/mol. The maximum Gasteiger partial charge on any atom is 0.293 e. The maximum atomic E-state index is 13.3. The number of thioether (sulfide) groups is 1. The zero-order valence-electron chi connectivity index (χ0n) is 25.3. The van der Waals surface area contributed by atoms with Crippen molar-refractivity contribution in [2.45, 2.75) is 58.3 Å². The predicted octanol–water partition coefficient (Wildman–Crippen LogP) is 2.87. The van der Waals surface area contributed by atoms with Crippen molar-refractivity contribution >= 4 is 46.7 Å². The number of nitrogens with zero attached hydrogens (tertiary/aromatic N) is 2. The Morgan fingerprint density at radius 3 is 2.24 bits per heavy atom. The van der Waals surface area contributed by atoms with Gasteiger partial charge in [-0.1, -0.05) is 59.3 Å². The first kappa shape index (κ1) is 33.1. The number of aromatic nitrogens is 1. The van der Waals surface area contributed by atoms with Crippen molar-refractivity contribution in [1.29, 1.82) is 0 Å². The van der Waals surface area contributed by atoms with Crippen LogP contribution in [0.15, 0.2) is 64.0 Å². The second kappa shape index (κ2) is 14.8. The van der Waals surface area contributed by atoms with Crippen LogP contribution in [-0.2, 0) is 27.3 Å². The Balaban J connectivity index is 1.45. The third kappa shape index (κ3) is 8.89. The number of aryl methyl sites for hydroxylation is 3. The summed E-state index contributed by atoms with van der Waals surface area (Å²) in [5.41, 5.74) is 3.51. The third-order valence-electron chi connectivity index (χ3n) is 7.12. The quantitative estimate of drug-likeness (QED) is 0.219. The van der Waals surface area contributed by atoms with Crippen molar-refractivity contribution < 1.29 is 33.6 Å². The van der Waals surface area contributed by atoms with Gasteiger partial charge < -0.3 is 25.6 Å². The minimum absolute atomic E-state index is 0.0491. The molecule has 12 nitrogen and oxygen atoms in total. The zero-order chi connectivity index (χ0) is 32.7. The summed E-state index contributed by atoms with van der Waals surface area (Å²) in [6.45, 7) is 5.17. The number of amides is 5. The van der Waals surface area contributed by atoms with E-state index >= 15 is 0 Å². The lowest BCUT2D eigenvalue weighted by molar-refractivity contribution is -0.131. The fourth-order valence-electron chi connectivity index (χ4n) is 4.43. The highest BCUT2D eigenvalue weighted by Crippen LogP contribution is 2.31. The molecule has 0 aliphatic carbocycles. The number of aliphatic hydroxyl groups excluding tert-OH is 1. The smallest absolute Gasteiger partial charge is 0.293 e. The van der Waals surface area contributed by atoms with E-state index in [4.69, 9.17) is 4.52 Å². The molecule has 45 heavy (non-hydrogen) atoms. The molecule has 1 saturated heterocycles. The van der Waals surface area contributed by atoms with Crippen LogP contribution in [-0.4, -0.2) is 69.3 Å². The van der Waals surface area contributed by atoms with Gasteiger partial charge in [0.1, 0.15) is 17.8 Å². The number of nitrogens with one attached hydrogen (secondary N) is 3. The molecule has 2 aromatic carbocycles.